The molecule has 0 bridgehead atoms. The second-order valence-electron chi connectivity index (χ2n) is 3.96. The van der Waals surface area contributed by atoms with Gasteiger partial charge in [0.25, 0.3) is 0 Å². The SMILES string of the molecule is CO[C@H]1CN(c2ccc(C(=O)O)cn2)C[C@@H]1O. The summed E-state index contributed by atoms with van der Waals surface area (Å²) in [6.07, 6.45) is 0.543. The molecule has 6 nitrogen and oxygen atoms in total. The molecule has 1 fully saturated rings. The van der Waals surface area contributed by atoms with Crippen molar-refractivity contribution in [2.45, 2.75) is 12.2 Å². The second-order valence-corrected chi connectivity index (χ2v) is 3.96. The third kappa shape index (κ3) is 2.37. The number of nitrogens with zero attached hydrogens (tertiary/aromatic N) is 2. The van der Waals surface area contributed by atoms with Crippen molar-refractivity contribution in [3.63, 3.8) is 0 Å². The zero-order chi connectivity index (χ0) is 12.4. The van der Waals surface area contributed by atoms with E-state index in [0.717, 1.165) is 0 Å². The van der Waals surface area contributed by atoms with Crippen LogP contribution in [0.3, 0.4) is 0 Å². The Balaban J connectivity index is 2.11. The Labute approximate surface area is 98.5 Å². The van der Waals surface area contributed by atoms with Gasteiger partial charge in [-0.1, -0.05) is 0 Å². The van der Waals surface area contributed by atoms with Gasteiger partial charge in [0.1, 0.15) is 11.9 Å². The highest BCUT2D eigenvalue weighted by Gasteiger charge is 2.31. The topological polar surface area (TPSA) is 82.9 Å². The Bertz CT molecular complexity index is 406. The number of hydrogen-bond acceptors (Lipinski definition) is 5. The molecular weight excluding hydrogens is 224 g/mol. The third-order valence-corrected chi connectivity index (χ3v) is 2.86. The van der Waals surface area contributed by atoms with Gasteiger partial charge in [-0.05, 0) is 12.1 Å². The van der Waals surface area contributed by atoms with Gasteiger partial charge in [-0.3, -0.25) is 0 Å². The summed E-state index contributed by atoms with van der Waals surface area (Å²) in [6, 6.07) is 3.13. The summed E-state index contributed by atoms with van der Waals surface area (Å²) in [5, 5.41) is 18.4. The fraction of sp³-hybridized carbons (Fsp3) is 0.455. The van der Waals surface area contributed by atoms with E-state index in [9.17, 15) is 9.90 Å². The first-order chi connectivity index (χ1) is 8.11. The van der Waals surface area contributed by atoms with Crippen molar-refractivity contribution >= 4 is 11.8 Å². The maximum absolute atomic E-state index is 10.7. The molecule has 1 aliphatic heterocycles. The van der Waals surface area contributed by atoms with Gasteiger partial charge in [0.05, 0.1) is 11.7 Å². The van der Waals surface area contributed by atoms with Gasteiger partial charge < -0.3 is 19.8 Å². The van der Waals surface area contributed by atoms with Gasteiger partial charge in [0, 0.05) is 26.4 Å². The molecule has 1 saturated heterocycles. The Kier molecular flexibility index (Phi) is 3.26. The lowest BCUT2D eigenvalue weighted by molar-refractivity contribution is 0.0217. The third-order valence-electron chi connectivity index (χ3n) is 2.86. The van der Waals surface area contributed by atoms with Crippen molar-refractivity contribution in [1.82, 2.24) is 4.98 Å². The van der Waals surface area contributed by atoms with Crippen LogP contribution in [0.25, 0.3) is 0 Å². The summed E-state index contributed by atoms with van der Waals surface area (Å²) in [7, 11) is 1.55. The molecule has 92 valence electrons. The summed E-state index contributed by atoms with van der Waals surface area (Å²) in [5.41, 5.74) is 0.150. The maximum Gasteiger partial charge on any atom is 0.337 e. The number of carboxylic acids is 1. The molecule has 0 amide bonds. The first-order valence-corrected chi connectivity index (χ1v) is 5.27. The fourth-order valence-electron chi connectivity index (χ4n) is 1.88. The number of carbonyl (C=O) groups is 1. The van der Waals surface area contributed by atoms with Crippen LogP contribution in [-0.4, -0.2) is 53.6 Å². The number of aliphatic hydroxyl groups is 1. The standard InChI is InChI=1S/C11H14N2O4/c1-17-9-6-13(5-8(9)14)10-3-2-7(4-12-10)11(15)16/h2-4,8-9,14H,5-6H2,1H3,(H,15,16)/t8-,9-/m0/s1. The van der Waals surface area contributed by atoms with E-state index in [2.05, 4.69) is 4.98 Å². The number of hydrogen-bond donors (Lipinski definition) is 2. The molecule has 0 spiro atoms. The molecule has 1 aliphatic rings. The molecule has 0 saturated carbocycles. The van der Waals surface area contributed by atoms with E-state index in [1.807, 2.05) is 4.90 Å². The molecule has 6 heteroatoms. The number of pyridine rings is 1. The number of aliphatic hydroxyl groups excluding tert-OH is 1. The van der Waals surface area contributed by atoms with Crippen molar-refractivity contribution in [2.24, 2.45) is 0 Å². The fourth-order valence-corrected chi connectivity index (χ4v) is 1.88. The molecule has 0 unspecified atom stereocenters. The normalized spacial score (nSPS) is 24.0. The predicted molar refractivity (Wildman–Crippen MR) is 60.2 cm³/mol. The summed E-state index contributed by atoms with van der Waals surface area (Å²) in [6.45, 7) is 0.995. The van der Waals surface area contributed by atoms with Crippen LogP contribution in [0, 0.1) is 0 Å². The summed E-state index contributed by atoms with van der Waals surface area (Å²) in [5.74, 6) is -0.353. The molecule has 0 aliphatic carbocycles. The number of rotatable bonds is 3. The lowest BCUT2D eigenvalue weighted by Gasteiger charge is -2.16. The monoisotopic (exact) mass is 238 g/mol. The maximum atomic E-state index is 10.7. The zero-order valence-electron chi connectivity index (χ0n) is 9.41. The van der Waals surface area contributed by atoms with Crippen LogP contribution in [0.1, 0.15) is 10.4 Å². The Morgan fingerprint density at radius 3 is 2.76 bits per heavy atom. The number of carboxylic acid groups (broad SMARTS) is 1. The number of β-amino-alcohol motifs (C(OH)–C–C–N with tert-alkyl or cyclic N) is 1. The van der Waals surface area contributed by atoms with Gasteiger partial charge in [0.15, 0.2) is 0 Å². The lowest BCUT2D eigenvalue weighted by Crippen LogP contribution is -2.25. The average Bonchev–Trinajstić information content (AvgIpc) is 2.70. The molecule has 2 rings (SSSR count). The minimum absolute atomic E-state index is 0.150. The van der Waals surface area contributed by atoms with Crippen molar-refractivity contribution < 1.29 is 19.7 Å². The van der Waals surface area contributed by atoms with Crippen molar-refractivity contribution in [3.8, 4) is 0 Å². The van der Waals surface area contributed by atoms with E-state index < -0.39 is 12.1 Å². The van der Waals surface area contributed by atoms with Gasteiger partial charge in [-0.2, -0.15) is 0 Å². The van der Waals surface area contributed by atoms with Crippen LogP contribution in [0.2, 0.25) is 0 Å². The number of ether oxygens (including phenoxy) is 1. The molecule has 2 atom stereocenters. The number of anilines is 1. The number of methoxy groups -OCH3 is 1. The van der Waals surface area contributed by atoms with E-state index >= 15 is 0 Å². The van der Waals surface area contributed by atoms with Crippen LogP contribution < -0.4 is 4.90 Å². The number of aromatic carboxylic acids is 1. The second kappa shape index (κ2) is 4.68. The van der Waals surface area contributed by atoms with Crippen molar-refractivity contribution in [2.75, 3.05) is 25.1 Å². The largest absolute Gasteiger partial charge is 0.478 e. The number of aromatic nitrogens is 1. The Morgan fingerprint density at radius 1 is 1.53 bits per heavy atom. The molecule has 2 N–H and O–H groups in total. The minimum Gasteiger partial charge on any atom is -0.478 e. The van der Waals surface area contributed by atoms with Gasteiger partial charge in [-0.15, -0.1) is 0 Å². The van der Waals surface area contributed by atoms with E-state index in [4.69, 9.17) is 9.84 Å². The van der Waals surface area contributed by atoms with Gasteiger partial charge in [0.2, 0.25) is 0 Å². The van der Waals surface area contributed by atoms with Crippen LogP contribution in [0.15, 0.2) is 18.3 Å². The Hall–Kier alpha value is -1.66. The molecular formula is C11H14N2O4. The van der Waals surface area contributed by atoms with Gasteiger partial charge >= 0.3 is 5.97 Å². The molecule has 1 aromatic heterocycles. The minimum atomic E-state index is -1.000. The smallest absolute Gasteiger partial charge is 0.337 e. The Morgan fingerprint density at radius 2 is 2.29 bits per heavy atom. The quantitative estimate of drug-likeness (QED) is 0.769. The average molecular weight is 238 g/mol. The highest BCUT2D eigenvalue weighted by atomic mass is 16.5. The molecule has 1 aromatic rings. The van der Waals surface area contributed by atoms with E-state index in [1.165, 1.54) is 12.3 Å². The van der Waals surface area contributed by atoms with Crippen LogP contribution in [0.4, 0.5) is 5.82 Å². The summed E-state index contributed by atoms with van der Waals surface area (Å²) >= 11 is 0. The van der Waals surface area contributed by atoms with E-state index in [1.54, 1.807) is 13.2 Å². The van der Waals surface area contributed by atoms with Crippen molar-refractivity contribution in [3.05, 3.63) is 23.9 Å². The highest BCUT2D eigenvalue weighted by molar-refractivity contribution is 5.87. The van der Waals surface area contributed by atoms with Crippen LogP contribution in [-0.2, 0) is 4.74 Å². The van der Waals surface area contributed by atoms with Crippen LogP contribution in [0.5, 0.6) is 0 Å². The zero-order valence-corrected chi connectivity index (χ0v) is 9.41. The molecule has 0 radical (unpaired) electrons. The van der Waals surface area contributed by atoms with E-state index in [0.29, 0.717) is 18.9 Å². The van der Waals surface area contributed by atoms with Gasteiger partial charge in [-0.25, -0.2) is 9.78 Å². The van der Waals surface area contributed by atoms with E-state index in [-0.39, 0.29) is 11.7 Å². The van der Waals surface area contributed by atoms with Crippen LogP contribution >= 0.6 is 0 Å². The molecule has 17 heavy (non-hydrogen) atoms. The lowest BCUT2D eigenvalue weighted by atomic mass is 10.3. The molecule has 2 heterocycles. The predicted octanol–water partition coefficient (Wildman–Crippen LogP) is -0.0243. The summed E-state index contributed by atoms with van der Waals surface area (Å²) in [4.78, 5) is 16.6. The molecule has 0 aromatic carbocycles. The first-order valence-electron chi connectivity index (χ1n) is 5.27. The summed E-state index contributed by atoms with van der Waals surface area (Å²) < 4.78 is 5.12. The first kappa shape index (κ1) is 11.8. The highest BCUT2D eigenvalue weighted by Crippen LogP contribution is 2.20. The van der Waals surface area contributed by atoms with Crippen molar-refractivity contribution in [1.29, 1.82) is 0 Å².